The zero-order valence-electron chi connectivity index (χ0n) is 9.23. The third-order valence-electron chi connectivity index (χ3n) is 1.65. The van der Waals surface area contributed by atoms with E-state index in [0.29, 0.717) is 19.0 Å². The summed E-state index contributed by atoms with van der Waals surface area (Å²) in [5.41, 5.74) is 0. The van der Waals surface area contributed by atoms with Crippen molar-refractivity contribution in [3.63, 3.8) is 0 Å². The Morgan fingerprint density at radius 1 is 1.24 bits per heavy atom. The van der Waals surface area contributed by atoms with Gasteiger partial charge in [0.05, 0.1) is 0 Å². The molecule has 0 aromatic heterocycles. The summed E-state index contributed by atoms with van der Waals surface area (Å²) < 4.78 is 0. The standard InChI is InChI=1S/C11H14N2O4/c1-2-3-4-5-8-12-11(17)13-9(14)6-7-10(15)16/h1,6-7H,3-5,8H2,(H,15,16)(H2,12,13,14,17)/b7-6+. The summed E-state index contributed by atoms with van der Waals surface area (Å²) >= 11 is 0. The Kier molecular flexibility index (Phi) is 7.76. The molecule has 17 heavy (non-hydrogen) atoms. The lowest BCUT2D eigenvalue weighted by molar-refractivity contribution is -0.131. The number of rotatable bonds is 6. The number of hydrogen-bond acceptors (Lipinski definition) is 3. The highest BCUT2D eigenvalue weighted by atomic mass is 16.4. The second-order valence-corrected chi connectivity index (χ2v) is 3.08. The van der Waals surface area contributed by atoms with E-state index < -0.39 is 17.9 Å². The monoisotopic (exact) mass is 238 g/mol. The number of unbranched alkanes of at least 4 members (excludes halogenated alkanes) is 2. The van der Waals surface area contributed by atoms with Gasteiger partial charge >= 0.3 is 12.0 Å². The molecular weight excluding hydrogens is 224 g/mol. The molecule has 0 aliphatic carbocycles. The number of nitrogens with one attached hydrogen (secondary N) is 2. The number of carbonyl (C=O) groups excluding carboxylic acids is 2. The molecule has 0 rings (SSSR count). The Morgan fingerprint density at radius 2 is 1.94 bits per heavy atom. The van der Waals surface area contributed by atoms with Gasteiger partial charge < -0.3 is 10.4 Å². The minimum Gasteiger partial charge on any atom is -0.478 e. The Hall–Kier alpha value is -2.29. The molecule has 0 heterocycles. The van der Waals surface area contributed by atoms with Crippen LogP contribution in [0.15, 0.2) is 12.2 Å². The van der Waals surface area contributed by atoms with E-state index in [1.165, 1.54) is 0 Å². The molecule has 0 unspecified atom stereocenters. The molecule has 0 aliphatic rings. The van der Waals surface area contributed by atoms with Gasteiger partial charge in [0, 0.05) is 25.1 Å². The van der Waals surface area contributed by atoms with Gasteiger partial charge in [-0.3, -0.25) is 10.1 Å². The normalized spacial score (nSPS) is 9.59. The van der Waals surface area contributed by atoms with E-state index in [9.17, 15) is 14.4 Å². The first-order valence-corrected chi connectivity index (χ1v) is 4.99. The Labute approximate surface area is 99.1 Å². The number of carboxylic acid groups (broad SMARTS) is 1. The van der Waals surface area contributed by atoms with Crippen molar-refractivity contribution in [3.05, 3.63) is 12.2 Å². The Balaban J connectivity index is 3.69. The van der Waals surface area contributed by atoms with Crippen molar-refractivity contribution < 1.29 is 19.5 Å². The number of imide groups is 1. The van der Waals surface area contributed by atoms with Crippen LogP contribution >= 0.6 is 0 Å². The lowest BCUT2D eigenvalue weighted by atomic mass is 10.2. The average Bonchev–Trinajstić information content (AvgIpc) is 2.26. The average molecular weight is 238 g/mol. The number of aliphatic carboxylic acids is 1. The smallest absolute Gasteiger partial charge is 0.328 e. The summed E-state index contributed by atoms with van der Waals surface area (Å²) in [4.78, 5) is 32.1. The third kappa shape index (κ3) is 10.0. The minimum absolute atomic E-state index is 0.406. The van der Waals surface area contributed by atoms with Crippen LogP contribution in [0.4, 0.5) is 4.79 Å². The van der Waals surface area contributed by atoms with Gasteiger partial charge in [-0.05, 0) is 12.8 Å². The summed E-state index contributed by atoms with van der Waals surface area (Å²) in [6, 6.07) is -0.661. The SMILES string of the molecule is C#CCCCCNC(=O)NC(=O)/C=C/C(=O)O. The van der Waals surface area contributed by atoms with Crippen molar-refractivity contribution in [2.45, 2.75) is 19.3 Å². The van der Waals surface area contributed by atoms with Crippen LogP contribution in [0.25, 0.3) is 0 Å². The molecule has 6 heteroatoms. The molecular formula is C11H14N2O4. The lowest BCUT2D eigenvalue weighted by Crippen LogP contribution is -2.39. The molecule has 0 saturated carbocycles. The first-order valence-electron chi connectivity index (χ1n) is 4.99. The van der Waals surface area contributed by atoms with Crippen molar-refractivity contribution in [3.8, 4) is 12.3 Å². The highest BCUT2D eigenvalue weighted by molar-refractivity contribution is 6.02. The van der Waals surface area contributed by atoms with Gasteiger partial charge in [-0.25, -0.2) is 9.59 Å². The van der Waals surface area contributed by atoms with Crippen LogP contribution in [0.3, 0.4) is 0 Å². The molecule has 3 amide bonds. The highest BCUT2D eigenvalue weighted by Crippen LogP contribution is 1.90. The summed E-state index contributed by atoms with van der Waals surface area (Å²) in [5.74, 6) is 0.430. The predicted molar refractivity (Wildman–Crippen MR) is 61.0 cm³/mol. The molecule has 0 saturated heterocycles. The van der Waals surface area contributed by atoms with Crippen LogP contribution in [-0.2, 0) is 9.59 Å². The maximum Gasteiger partial charge on any atom is 0.328 e. The zero-order chi connectivity index (χ0) is 13.1. The van der Waals surface area contributed by atoms with Crippen LogP contribution in [0.5, 0.6) is 0 Å². The summed E-state index contributed by atoms with van der Waals surface area (Å²) in [5, 5.41) is 12.6. The molecule has 92 valence electrons. The van der Waals surface area contributed by atoms with Crippen molar-refractivity contribution >= 4 is 17.9 Å². The van der Waals surface area contributed by atoms with Gasteiger partial charge in [-0.1, -0.05) is 0 Å². The van der Waals surface area contributed by atoms with Gasteiger partial charge in [0.25, 0.3) is 5.91 Å². The van der Waals surface area contributed by atoms with Gasteiger partial charge in [-0.2, -0.15) is 0 Å². The van der Waals surface area contributed by atoms with Gasteiger partial charge in [0.15, 0.2) is 0 Å². The van der Waals surface area contributed by atoms with Crippen molar-refractivity contribution in [1.29, 1.82) is 0 Å². The molecule has 0 aliphatic heterocycles. The predicted octanol–water partition coefficient (Wildman–Crippen LogP) is 0.256. The fraction of sp³-hybridized carbons (Fsp3) is 0.364. The van der Waals surface area contributed by atoms with Crippen molar-refractivity contribution in [1.82, 2.24) is 10.6 Å². The number of carboxylic acids is 1. The summed E-state index contributed by atoms with van der Waals surface area (Å²) in [7, 11) is 0. The first-order chi connectivity index (χ1) is 8.06. The van der Waals surface area contributed by atoms with Gasteiger partial charge in [-0.15, -0.1) is 12.3 Å². The van der Waals surface area contributed by atoms with Gasteiger partial charge in [0.1, 0.15) is 0 Å². The minimum atomic E-state index is -1.25. The maximum atomic E-state index is 11.1. The van der Waals surface area contributed by atoms with Crippen molar-refractivity contribution in [2.24, 2.45) is 0 Å². The highest BCUT2D eigenvalue weighted by Gasteiger charge is 2.03. The van der Waals surface area contributed by atoms with E-state index in [1.807, 2.05) is 5.32 Å². The number of urea groups is 1. The number of hydrogen-bond donors (Lipinski definition) is 3. The Morgan fingerprint density at radius 3 is 2.53 bits per heavy atom. The topological polar surface area (TPSA) is 95.5 Å². The van der Waals surface area contributed by atoms with E-state index >= 15 is 0 Å². The Bertz CT molecular complexity index is 355. The first kappa shape index (κ1) is 14.7. The zero-order valence-corrected chi connectivity index (χ0v) is 9.23. The van der Waals surface area contributed by atoms with E-state index in [2.05, 4.69) is 11.2 Å². The molecule has 0 fully saturated rings. The summed E-state index contributed by atoms with van der Waals surface area (Å²) in [6.45, 7) is 0.406. The largest absolute Gasteiger partial charge is 0.478 e. The molecule has 0 atom stereocenters. The van der Waals surface area contributed by atoms with E-state index in [0.717, 1.165) is 18.9 Å². The van der Waals surface area contributed by atoms with Crippen LogP contribution < -0.4 is 10.6 Å². The fourth-order valence-corrected chi connectivity index (χ4v) is 0.899. The van der Waals surface area contributed by atoms with E-state index in [1.54, 1.807) is 0 Å². The maximum absolute atomic E-state index is 11.1. The van der Waals surface area contributed by atoms with Crippen LogP contribution in [-0.4, -0.2) is 29.6 Å². The molecule has 3 N–H and O–H groups in total. The fourth-order valence-electron chi connectivity index (χ4n) is 0.899. The molecule has 0 aromatic rings. The molecule has 0 aromatic carbocycles. The van der Waals surface area contributed by atoms with Crippen LogP contribution in [0.1, 0.15) is 19.3 Å². The molecule has 0 bridgehead atoms. The molecule has 0 spiro atoms. The second kappa shape index (κ2) is 8.97. The van der Waals surface area contributed by atoms with Crippen LogP contribution in [0.2, 0.25) is 0 Å². The summed E-state index contributed by atoms with van der Waals surface area (Å²) in [6.07, 6.45) is 8.61. The number of amides is 3. The molecule has 6 nitrogen and oxygen atoms in total. The third-order valence-corrected chi connectivity index (χ3v) is 1.65. The second-order valence-electron chi connectivity index (χ2n) is 3.08. The van der Waals surface area contributed by atoms with Crippen LogP contribution in [0, 0.1) is 12.3 Å². The van der Waals surface area contributed by atoms with Gasteiger partial charge in [0.2, 0.25) is 0 Å². The molecule has 0 radical (unpaired) electrons. The quantitative estimate of drug-likeness (QED) is 0.351. The van der Waals surface area contributed by atoms with Crippen molar-refractivity contribution in [2.75, 3.05) is 6.54 Å². The number of terminal acetylenes is 1. The lowest BCUT2D eigenvalue weighted by Gasteiger charge is -2.03. The van der Waals surface area contributed by atoms with E-state index in [-0.39, 0.29) is 0 Å². The van der Waals surface area contributed by atoms with E-state index in [4.69, 9.17) is 11.5 Å². The number of carbonyl (C=O) groups is 3.